The first kappa shape index (κ1) is 52.8. The number of esters is 4. The van der Waals surface area contributed by atoms with Crippen molar-refractivity contribution >= 4 is 23.9 Å². The molecule has 8 atom stereocenters. The van der Waals surface area contributed by atoms with Crippen LogP contribution >= 0.6 is 0 Å². The van der Waals surface area contributed by atoms with Gasteiger partial charge >= 0.3 is 23.9 Å². The first-order valence-electron chi connectivity index (χ1n) is 21.3. The number of hydrogen-bond donors (Lipinski definition) is 0. The van der Waals surface area contributed by atoms with Crippen LogP contribution in [0.5, 0.6) is 0 Å². The van der Waals surface area contributed by atoms with Gasteiger partial charge in [0.2, 0.25) is 0 Å². The van der Waals surface area contributed by atoms with Gasteiger partial charge in [-0.1, -0.05) is 82.1 Å². The summed E-state index contributed by atoms with van der Waals surface area (Å²) in [5.41, 5.74) is -0.934. The molecule has 57 heavy (non-hydrogen) atoms. The number of hydrogen-bond acceptors (Lipinski definition) is 10. The maximum Gasteiger partial charge on any atom is 0.311 e. The highest BCUT2D eigenvalue weighted by Gasteiger charge is 2.53. The van der Waals surface area contributed by atoms with Crippen LogP contribution in [0.15, 0.2) is 0 Å². The van der Waals surface area contributed by atoms with Crippen molar-refractivity contribution in [1.82, 2.24) is 0 Å². The lowest BCUT2D eigenvalue weighted by molar-refractivity contribution is -0.175. The van der Waals surface area contributed by atoms with Gasteiger partial charge < -0.3 is 28.4 Å². The van der Waals surface area contributed by atoms with Gasteiger partial charge in [-0.05, 0) is 122 Å². The van der Waals surface area contributed by atoms with Crippen LogP contribution in [0.1, 0.15) is 187 Å². The normalized spacial score (nSPS) is 29.2. The maximum atomic E-state index is 12.5. The Labute approximate surface area is 348 Å². The molecule has 0 heterocycles. The van der Waals surface area contributed by atoms with Crippen molar-refractivity contribution in [3.8, 4) is 0 Å². The zero-order valence-corrected chi connectivity index (χ0v) is 33.7. The number of fused-ring (bicyclic) bond motifs is 4. The fourth-order valence-corrected chi connectivity index (χ4v) is 9.57. The van der Waals surface area contributed by atoms with E-state index in [1.165, 1.54) is 51.4 Å². The lowest BCUT2D eigenvalue weighted by Crippen LogP contribution is -2.37. The van der Waals surface area contributed by atoms with Crippen molar-refractivity contribution in [3.05, 3.63) is 0 Å². The van der Waals surface area contributed by atoms with E-state index in [1.807, 2.05) is 41.5 Å². The molecule has 334 valence electrons. The molecule has 4 bridgehead atoms. The molecule has 6 aliphatic carbocycles. The van der Waals surface area contributed by atoms with Crippen LogP contribution in [0, 0.1) is 52.3 Å². The van der Waals surface area contributed by atoms with E-state index in [1.54, 1.807) is 0 Å². The molecular formula is C47H86O10. The standard InChI is InChI=1S/C22H36O5.C21H34O5.4CH4/c1-4-22(2,3)21(24)27-19-12-16-10-17(19)18(11-16)20(23)26-14-25-13-15-8-6-5-7-9-15;1-4-21(2,3)20(23)26-18-12-14-10-16(18)17(11-14)19(22)25-13-24-15-8-6-5-7-9-15;;;;/h15-19H,4-14H2,1-3H3;14-18H,4-13H2,1-3H3;4*1H4. The largest absolute Gasteiger partial charge is 0.462 e. The van der Waals surface area contributed by atoms with Crippen LogP contribution in [-0.2, 0) is 47.6 Å². The fraction of sp³-hybridized carbons (Fsp3) is 0.915. The number of carbonyl (C=O) groups excluding carboxylic acids is 4. The highest BCUT2D eigenvalue weighted by molar-refractivity contribution is 5.77. The number of ether oxygens (including phenoxy) is 6. The molecule has 0 radical (unpaired) electrons. The molecule has 0 saturated heterocycles. The van der Waals surface area contributed by atoms with Crippen LogP contribution < -0.4 is 0 Å². The van der Waals surface area contributed by atoms with Crippen molar-refractivity contribution in [2.75, 3.05) is 20.2 Å². The van der Waals surface area contributed by atoms with Gasteiger partial charge in [0.05, 0.1) is 35.4 Å². The molecule has 0 amide bonds. The second kappa shape index (κ2) is 24.2. The number of carbonyl (C=O) groups is 4. The van der Waals surface area contributed by atoms with Gasteiger partial charge in [-0.25, -0.2) is 0 Å². The molecule has 0 aromatic heterocycles. The van der Waals surface area contributed by atoms with Crippen molar-refractivity contribution in [2.24, 2.45) is 52.3 Å². The summed E-state index contributed by atoms with van der Waals surface area (Å²) in [7, 11) is 0. The molecule has 8 unspecified atom stereocenters. The fourth-order valence-electron chi connectivity index (χ4n) is 9.57. The van der Waals surface area contributed by atoms with Crippen molar-refractivity contribution < 1.29 is 47.6 Å². The van der Waals surface area contributed by atoms with Crippen molar-refractivity contribution in [3.63, 3.8) is 0 Å². The van der Waals surface area contributed by atoms with E-state index in [2.05, 4.69) is 0 Å². The molecule has 0 aromatic carbocycles. The van der Waals surface area contributed by atoms with Gasteiger partial charge in [0.1, 0.15) is 12.2 Å². The SMILES string of the molecule is C.C.C.C.CCC(C)(C)C(=O)OC1CC2CC(C(=O)OCOC3CCCCC3)C1C2.CCC(C)(C)C(=O)OC1CC2CC(C(=O)OCOCC3CCCCC3)C1C2. The molecule has 6 aliphatic rings. The lowest BCUT2D eigenvalue weighted by Gasteiger charge is -2.31. The topological polar surface area (TPSA) is 124 Å². The summed E-state index contributed by atoms with van der Waals surface area (Å²) in [4.78, 5) is 49.8. The van der Waals surface area contributed by atoms with Crippen LogP contribution in [0.3, 0.4) is 0 Å². The van der Waals surface area contributed by atoms with Crippen molar-refractivity contribution in [1.29, 1.82) is 0 Å². The van der Waals surface area contributed by atoms with E-state index in [0.717, 1.165) is 64.2 Å². The van der Waals surface area contributed by atoms with Crippen molar-refractivity contribution in [2.45, 2.75) is 205 Å². The molecule has 0 spiro atoms. The third kappa shape index (κ3) is 14.2. The second-order valence-electron chi connectivity index (χ2n) is 18.5. The summed E-state index contributed by atoms with van der Waals surface area (Å²) < 4.78 is 33.8. The van der Waals surface area contributed by atoms with Gasteiger partial charge in [0.15, 0.2) is 13.6 Å². The van der Waals surface area contributed by atoms with Crippen LogP contribution in [0.4, 0.5) is 0 Å². The average molecular weight is 811 g/mol. The van der Waals surface area contributed by atoms with E-state index in [0.29, 0.717) is 24.4 Å². The Kier molecular flexibility index (Phi) is 22.4. The first-order valence-corrected chi connectivity index (χ1v) is 21.3. The predicted octanol–water partition coefficient (Wildman–Crippen LogP) is 11.3. The van der Waals surface area contributed by atoms with E-state index in [-0.39, 0.29) is 109 Å². The summed E-state index contributed by atoms with van der Waals surface area (Å²) in [5, 5.41) is 0. The molecule has 0 N–H and O–H groups in total. The minimum Gasteiger partial charge on any atom is -0.462 e. The highest BCUT2D eigenvalue weighted by atomic mass is 16.7. The maximum absolute atomic E-state index is 12.5. The third-order valence-electron chi connectivity index (χ3n) is 13.9. The molecule has 6 fully saturated rings. The molecule has 6 rings (SSSR count). The van der Waals surface area contributed by atoms with Gasteiger partial charge in [-0.15, -0.1) is 0 Å². The van der Waals surface area contributed by atoms with Gasteiger partial charge in [-0.3, -0.25) is 19.2 Å². The molecule has 10 nitrogen and oxygen atoms in total. The Balaban J connectivity index is 0.000000533. The Bertz CT molecular complexity index is 1220. The average Bonchev–Trinajstić information content (AvgIpc) is 3.96. The quantitative estimate of drug-likeness (QED) is 0.0683. The van der Waals surface area contributed by atoms with E-state index in [9.17, 15) is 19.2 Å². The zero-order chi connectivity index (χ0) is 38.2. The Morgan fingerprint density at radius 2 is 0.965 bits per heavy atom. The van der Waals surface area contributed by atoms with Crippen LogP contribution in [0.2, 0.25) is 0 Å². The van der Waals surface area contributed by atoms with Crippen LogP contribution in [-0.4, -0.2) is 62.4 Å². The summed E-state index contributed by atoms with van der Waals surface area (Å²) in [6, 6.07) is 0. The first-order chi connectivity index (χ1) is 25.3. The monoisotopic (exact) mass is 811 g/mol. The molecular weight excluding hydrogens is 725 g/mol. The highest BCUT2D eigenvalue weighted by Crippen LogP contribution is 2.52. The molecule has 0 aromatic rings. The summed E-state index contributed by atoms with van der Waals surface area (Å²) in [5.74, 6) is 0.830. The Morgan fingerprint density at radius 1 is 0.544 bits per heavy atom. The summed E-state index contributed by atoms with van der Waals surface area (Å²) in [6.45, 7) is 12.4. The zero-order valence-electron chi connectivity index (χ0n) is 33.7. The smallest absolute Gasteiger partial charge is 0.311 e. The van der Waals surface area contributed by atoms with E-state index in [4.69, 9.17) is 28.4 Å². The third-order valence-corrected chi connectivity index (χ3v) is 13.9. The number of rotatable bonds is 15. The summed E-state index contributed by atoms with van der Waals surface area (Å²) in [6.07, 6.45) is 19.0. The van der Waals surface area contributed by atoms with Gasteiger partial charge in [0.25, 0.3) is 0 Å². The summed E-state index contributed by atoms with van der Waals surface area (Å²) >= 11 is 0. The Morgan fingerprint density at radius 3 is 1.39 bits per heavy atom. The Hall–Kier alpha value is -2.20. The predicted molar refractivity (Wildman–Crippen MR) is 226 cm³/mol. The second-order valence-corrected chi connectivity index (χ2v) is 18.5. The molecule has 0 aliphatic heterocycles. The molecule has 6 saturated carbocycles. The van der Waals surface area contributed by atoms with Gasteiger partial charge in [0, 0.05) is 11.8 Å². The van der Waals surface area contributed by atoms with E-state index >= 15 is 0 Å². The van der Waals surface area contributed by atoms with Crippen LogP contribution in [0.25, 0.3) is 0 Å². The van der Waals surface area contributed by atoms with Gasteiger partial charge in [-0.2, -0.15) is 0 Å². The minimum atomic E-state index is -0.467. The van der Waals surface area contributed by atoms with E-state index < -0.39 is 10.8 Å². The molecule has 10 heteroatoms. The minimum absolute atomic E-state index is 0. The lowest BCUT2D eigenvalue weighted by atomic mass is 9.86.